The molecule has 0 radical (unpaired) electrons. The van der Waals surface area contributed by atoms with Crippen molar-refractivity contribution in [3.05, 3.63) is 24.3 Å². The normalized spacial score (nSPS) is 10.7. The van der Waals surface area contributed by atoms with E-state index in [0.29, 0.717) is 44.3 Å². The summed E-state index contributed by atoms with van der Waals surface area (Å²) >= 11 is 0. The molecule has 0 aliphatic heterocycles. The van der Waals surface area contributed by atoms with Crippen molar-refractivity contribution in [1.82, 2.24) is 0 Å². The molecule has 0 saturated heterocycles. The molecule has 27 heavy (non-hydrogen) atoms. The largest absolute Gasteiger partial charge is 0.489 e. The summed E-state index contributed by atoms with van der Waals surface area (Å²) < 4.78 is 16.1. The minimum atomic E-state index is -0.130. The number of hydrogen-bond donors (Lipinski definition) is 1. The first-order chi connectivity index (χ1) is 13.2. The second-order valence-electron chi connectivity index (χ2n) is 6.80. The Morgan fingerprint density at radius 3 is 2.19 bits per heavy atom. The first kappa shape index (κ1) is 23.3. The van der Waals surface area contributed by atoms with Gasteiger partial charge in [0, 0.05) is 6.42 Å². The summed E-state index contributed by atoms with van der Waals surface area (Å²) in [6.45, 7) is 3.77. The summed E-state index contributed by atoms with van der Waals surface area (Å²) in [7, 11) is 0. The van der Waals surface area contributed by atoms with Gasteiger partial charge in [0.15, 0.2) is 0 Å². The molecule has 0 amide bonds. The number of esters is 1. The highest BCUT2D eigenvalue weighted by atomic mass is 16.6. The SMILES string of the molecule is CCCCCCCCCCCC(=O)OCCOCCOc1ccccc1N. The number of rotatable bonds is 17. The van der Waals surface area contributed by atoms with Crippen LogP contribution in [0.15, 0.2) is 24.3 Å². The van der Waals surface area contributed by atoms with Crippen LogP contribution in [0.3, 0.4) is 0 Å². The van der Waals surface area contributed by atoms with E-state index in [1.807, 2.05) is 18.2 Å². The molecular weight excluding hydrogens is 342 g/mol. The number of benzene rings is 1. The zero-order chi connectivity index (χ0) is 19.6. The zero-order valence-electron chi connectivity index (χ0n) is 16.9. The number of nitrogen functional groups attached to an aromatic ring is 1. The van der Waals surface area contributed by atoms with E-state index in [0.717, 1.165) is 12.8 Å². The standard InChI is InChI=1S/C22H37NO4/c1-2-3-4-5-6-7-8-9-10-15-22(24)27-19-17-25-16-18-26-21-14-12-11-13-20(21)23/h11-14H,2-10,15-19,23H2,1H3. The van der Waals surface area contributed by atoms with E-state index in [-0.39, 0.29) is 5.97 Å². The molecule has 2 N–H and O–H groups in total. The van der Waals surface area contributed by atoms with Crippen LogP contribution < -0.4 is 10.5 Å². The Morgan fingerprint density at radius 1 is 0.852 bits per heavy atom. The highest BCUT2D eigenvalue weighted by molar-refractivity contribution is 5.69. The molecule has 154 valence electrons. The van der Waals surface area contributed by atoms with Gasteiger partial charge in [-0.15, -0.1) is 0 Å². The van der Waals surface area contributed by atoms with Crippen molar-refractivity contribution in [3.8, 4) is 5.75 Å². The Kier molecular flexibility index (Phi) is 14.2. The molecule has 5 heteroatoms. The smallest absolute Gasteiger partial charge is 0.305 e. The van der Waals surface area contributed by atoms with E-state index in [1.165, 1.54) is 44.9 Å². The van der Waals surface area contributed by atoms with E-state index in [9.17, 15) is 4.79 Å². The molecule has 0 saturated carbocycles. The number of para-hydroxylation sites is 2. The molecule has 1 rings (SSSR count). The molecular formula is C22H37NO4. The van der Waals surface area contributed by atoms with Crippen molar-refractivity contribution in [1.29, 1.82) is 0 Å². The number of nitrogens with two attached hydrogens (primary N) is 1. The predicted molar refractivity (Wildman–Crippen MR) is 110 cm³/mol. The van der Waals surface area contributed by atoms with E-state index in [1.54, 1.807) is 6.07 Å². The van der Waals surface area contributed by atoms with Crippen LogP contribution in [0.1, 0.15) is 71.1 Å². The molecule has 5 nitrogen and oxygen atoms in total. The van der Waals surface area contributed by atoms with E-state index < -0.39 is 0 Å². The van der Waals surface area contributed by atoms with Crippen LogP contribution in [-0.4, -0.2) is 32.4 Å². The lowest BCUT2D eigenvalue weighted by Crippen LogP contribution is -2.13. The maximum absolute atomic E-state index is 11.6. The third-order valence-electron chi connectivity index (χ3n) is 4.38. The third kappa shape index (κ3) is 13.1. The van der Waals surface area contributed by atoms with E-state index >= 15 is 0 Å². The van der Waals surface area contributed by atoms with Gasteiger partial charge >= 0.3 is 5.97 Å². The molecule has 0 spiro atoms. The lowest BCUT2D eigenvalue weighted by molar-refractivity contribution is -0.145. The summed E-state index contributed by atoms with van der Waals surface area (Å²) in [6.07, 6.45) is 11.7. The number of carbonyl (C=O) groups is 1. The van der Waals surface area contributed by atoms with Gasteiger partial charge in [-0.3, -0.25) is 4.79 Å². The van der Waals surface area contributed by atoms with Crippen LogP contribution in [0, 0.1) is 0 Å². The molecule has 1 aromatic rings. The Hall–Kier alpha value is -1.75. The van der Waals surface area contributed by atoms with Crippen LogP contribution >= 0.6 is 0 Å². The zero-order valence-corrected chi connectivity index (χ0v) is 16.9. The third-order valence-corrected chi connectivity index (χ3v) is 4.38. The fourth-order valence-corrected chi connectivity index (χ4v) is 2.79. The van der Waals surface area contributed by atoms with Gasteiger partial charge in [0.05, 0.1) is 18.9 Å². The Morgan fingerprint density at radius 2 is 1.48 bits per heavy atom. The quantitative estimate of drug-likeness (QED) is 0.231. The van der Waals surface area contributed by atoms with Crippen molar-refractivity contribution in [2.24, 2.45) is 0 Å². The summed E-state index contributed by atoms with van der Waals surface area (Å²) in [5.74, 6) is 0.531. The molecule has 0 fully saturated rings. The summed E-state index contributed by atoms with van der Waals surface area (Å²) in [5.41, 5.74) is 6.40. The van der Waals surface area contributed by atoms with Gasteiger partial charge < -0.3 is 19.9 Å². The summed E-state index contributed by atoms with van der Waals surface area (Å²) in [6, 6.07) is 7.36. The van der Waals surface area contributed by atoms with Crippen LogP contribution in [0.5, 0.6) is 5.75 Å². The van der Waals surface area contributed by atoms with Gasteiger partial charge in [0.1, 0.15) is 19.0 Å². The Bertz CT molecular complexity index is 493. The topological polar surface area (TPSA) is 70.8 Å². The Labute approximate surface area is 164 Å². The van der Waals surface area contributed by atoms with Crippen molar-refractivity contribution >= 4 is 11.7 Å². The summed E-state index contributed by atoms with van der Waals surface area (Å²) in [4.78, 5) is 11.6. The second kappa shape index (κ2) is 16.4. The van der Waals surface area contributed by atoms with Crippen LogP contribution in [-0.2, 0) is 14.3 Å². The average molecular weight is 380 g/mol. The summed E-state index contributed by atoms with van der Waals surface area (Å²) in [5, 5.41) is 0. The molecule has 0 aromatic heterocycles. The number of unbranched alkanes of at least 4 members (excludes halogenated alkanes) is 8. The van der Waals surface area contributed by atoms with Gasteiger partial charge in [0.2, 0.25) is 0 Å². The van der Waals surface area contributed by atoms with Crippen molar-refractivity contribution < 1.29 is 19.0 Å². The highest BCUT2D eigenvalue weighted by Crippen LogP contribution is 2.19. The molecule has 0 heterocycles. The fourth-order valence-electron chi connectivity index (χ4n) is 2.79. The number of carbonyl (C=O) groups excluding carboxylic acids is 1. The van der Waals surface area contributed by atoms with Gasteiger partial charge in [-0.25, -0.2) is 0 Å². The van der Waals surface area contributed by atoms with Gasteiger partial charge in [0.25, 0.3) is 0 Å². The minimum Gasteiger partial charge on any atom is -0.489 e. The fraction of sp³-hybridized carbons (Fsp3) is 0.682. The molecule has 0 aliphatic rings. The molecule has 0 atom stereocenters. The van der Waals surface area contributed by atoms with Crippen LogP contribution in [0.4, 0.5) is 5.69 Å². The van der Waals surface area contributed by atoms with Crippen LogP contribution in [0.25, 0.3) is 0 Å². The molecule has 0 aliphatic carbocycles. The Balaban J connectivity index is 1.84. The molecule has 1 aromatic carbocycles. The number of ether oxygens (including phenoxy) is 3. The second-order valence-corrected chi connectivity index (χ2v) is 6.80. The lowest BCUT2D eigenvalue weighted by atomic mass is 10.1. The maximum Gasteiger partial charge on any atom is 0.305 e. The van der Waals surface area contributed by atoms with Gasteiger partial charge in [-0.05, 0) is 18.6 Å². The first-order valence-corrected chi connectivity index (χ1v) is 10.4. The van der Waals surface area contributed by atoms with E-state index in [4.69, 9.17) is 19.9 Å². The maximum atomic E-state index is 11.6. The van der Waals surface area contributed by atoms with Crippen LogP contribution in [0.2, 0.25) is 0 Å². The van der Waals surface area contributed by atoms with Crippen molar-refractivity contribution in [2.45, 2.75) is 71.1 Å². The molecule has 0 bridgehead atoms. The number of anilines is 1. The minimum absolute atomic E-state index is 0.130. The van der Waals surface area contributed by atoms with Crippen molar-refractivity contribution in [3.63, 3.8) is 0 Å². The number of hydrogen-bond acceptors (Lipinski definition) is 5. The van der Waals surface area contributed by atoms with E-state index in [2.05, 4.69) is 6.92 Å². The first-order valence-electron chi connectivity index (χ1n) is 10.4. The monoisotopic (exact) mass is 379 g/mol. The average Bonchev–Trinajstić information content (AvgIpc) is 2.67. The molecule has 0 unspecified atom stereocenters. The van der Waals surface area contributed by atoms with Crippen molar-refractivity contribution in [2.75, 3.05) is 32.2 Å². The predicted octanol–water partition coefficient (Wildman–Crippen LogP) is 5.13. The van der Waals surface area contributed by atoms with Gasteiger partial charge in [-0.1, -0.05) is 70.4 Å². The lowest BCUT2D eigenvalue weighted by Gasteiger charge is -2.09. The van der Waals surface area contributed by atoms with Gasteiger partial charge in [-0.2, -0.15) is 0 Å². The highest BCUT2D eigenvalue weighted by Gasteiger charge is 2.03.